The zero-order valence-corrected chi connectivity index (χ0v) is 20.4. The number of hydrogen-bond donors (Lipinski definition) is 0. The summed E-state index contributed by atoms with van der Waals surface area (Å²) < 4.78 is 45.6. The number of ether oxygens (including phenoxy) is 1. The number of cyclic esters (lactones) is 1. The molecule has 4 rings (SSSR count). The number of imide groups is 1. The lowest BCUT2D eigenvalue weighted by Gasteiger charge is -2.35. The quantitative estimate of drug-likeness (QED) is 0.562. The van der Waals surface area contributed by atoms with Crippen LogP contribution in [0.5, 0.6) is 0 Å². The van der Waals surface area contributed by atoms with Gasteiger partial charge in [-0.05, 0) is 23.6 Å². The zero-order chi connectivity index (χ0) is 25.2. The third-order valence-electron chi connectivity index (χ3n) is 6.27. The Bertz CT molecular complexity index is 1170. The van der Waals surface area contributed by atoms with Crippen molar-refractivity contribution < 1.29 is 27.1 Å². The average Bonchev–Trinajstić information content (AvgIpc) is 3.28. The summed E-state index contributed by atoms with van der Waals surface area (Å²) in [6.45, 7) is 5.05. The zero-order valence-electron chi connectivity index (χ0n) is 19.6. The first kappa shape index (κ1) is 25.0. The molecule has 1 unspecified atom stereocenters. The number of amides is 2. The minimum Gasteiger partial charge on any atom is -0.447 e. The number of halogens is 1. The summed E-state index contributed by atoms with van der Waals surface area (Å²) in [5, 5.41) is 0. The molecule has 2 amide bonds. The van der Waals surface area contributed by atoms with Gasteiger partial charge in [-0.1, -0.05) is 26.0 Å². The minimum absolute atomic E-state index is 0.122. The number of hydrogen-bond acceptors (Lipinski definition) is 8. The van der Waals surface area contributed by atoms with Gasteiger partial charge in [0.05, 0.1) is 18.2 Å². The van der Waals surface area contributed by atoms with Crippen molar-refractivity contribution in [1.82, 2.24) is 19.2 Å². The minimum atomic E-state index is -3.74. The summed E-state index contributed by atoms with van der Waals surface area (Å²) in [6.07, 6.45) is 2.58. The van der Waals surface area contributed by atoms with Gasteiger partial charge in [0.15, 0.2) is 0 Å². The fourth-order valence-corrected chi connectivity index (χ4v) is 6.03. The molecule has 188 valence electrons. The molecule has 12 heteroatoms. The molecule has 10 nitrogen and oxygen atoms in total. The van der Waals surface area contributed by atoms with Crippen LogP contribution in [0, 0.1) is 17.7 Å². The van der Waals surface area contributed by atoms with Gasteiger partial charge in [0, 0.05) is 44.1 Å². The van der Waals surface area contributed by atoms with Crippen LogP contribution in [0.2, 0.25) is 0 Å². The summed E-state index contributed by atoms with van der Waals surface area (Å²) in [5.74, 6) is -1.82. The largest absolute Gasteiger partial charge is 0.447 e. The van der Waals surface area contributed by atoms with Crippen molar-refractivity contribution in [2.24, 2.45) is 11.8 Å². The van der Waals surface area contributed by atoms with E-state index in [-0.39, 0.29) is 43.7 Å². The molecule has 0 aliphatic carbocycles. The van der Waals surface area contributed by atoms with Crippen molar-refractivity contribution in [3.8, 4) is 11.1 Å². The normalized spacial score (nSPS) is 18.1. The Morgan fingerprint density at radius 2 is 1.66 bits per heavy atom. The molecule has 2 fully saturated rings. The third kappa shape index (κ3) is 5.59. The number of nitrogens with zero attached hydrogens (tertiary/aromatic N) is 5. The maximum Gasteiger partial charge on any atom is 0.416 e. The fourth-order valence-electron chi connectivity index (χ4n) is 4.12. The molecule has 1 aromatic heterocycles. The van der Waals surface area contributed by atoms with E-state index in [9.17, 15) is 22.4 Å². The molecule has 2 aliphatic rings. The maximum atomic E-state index is 13.1. The molecule has 2 aromatic rings. The molecule has 0 radical (unpaired) electrons. The predicted octanol–water partition coefficient (Wildman–Crippen LogP) is 1.99. The van der Waals surface area contributed by atoms with Crippen molar-refractivity contribution in [2.75, 3.05) is 50.0 Å². The summed E-state index contributed by atoms with van der Waals surface area (Å²) in [6, 6.07) is 6.05. The van der Waals surface area contributed by atoms with Crippen molar-refractivity contribution >= 4 is 28.0 Å². The highest BCUT2D eigenvalue weighted by Gasteiger charge is 2.39. The van der Waals surface area contributed by atoms with Crippen LogP contribution >= 0.6 is 0 Å². The highest BCUT2D eigenvalue weighted by molar-refractivity contribution is 7.89. The molecule has 0 spiro atoms. The Morgan fingerprint density at radius 3 is 2.20 bits per heavy atom. The van der Waals surface area contributed by atoms with E-state index in [1.54, 1.807) is 38.4 Å². The first-order valence-corrected chi connectivity index (χ1v) is 13.1. The first-order chi connectivity index (χ1) is 16.7. The van der Waals surface area contributed by atoms with Gasteiger partial charge in [-0.3, -0.25) is 4.79 Å². The number of rotatable bonds is 7. The van der Waals surface area contributed by atoms with Gasteiger partial charge < -0.3 is 9.64 Å². The number of carbonyl (C=O) groups is 2. The molecule has 2 aliphatic heterocycles. The molecule has 35 heavy (non-hydrogen) atoms. The van der Waals surface area contributed by atoms with Crippen molar-refractivity contribution in [2.45, 2.75) is 13.8 Å². The Hall–Kier alpha value is -3.12. The standard InChI is InChI=1S/C23H28FN5O5S/c1-16(2)20(21(30)29-11-12-34-23(29)31)15-35(32,33)28-9-7-27(8-10-28)22-25-13-18(14-26-22)17-3-5-19(24)6-4-17/h3-6,13-14,16,20H,7-12,15H2,1-2H3. The summed E-state index contributed by atoms with van der Waals surface area (Å²) in [4.78, 5) is 36.3. The van der Waals surface area contributed by atoms with Crippen LogP contribution < -0.4 is 4.90 Å². The van der Waals surface area contributed by atoms with E-state index in [1.165, 1.54) is 16.4 Å². The fraction of sp³-hybridized carbons (Fsp3) is 0.478. The molecule has 1 aromatic carbocycles. The second kappa shape index (κ2) is 10.2. The molecule has 2 saturated heterocycles. The Kier molecular flexibility index (Phi) is 7.31. The Morgan fingerprint density at radius 1 is 1.03 bits per heavy atom. The van der Waals surface area contributed by atoms with E-state index in [0.717, 1.165) is 16.0 Å². The Balaban J connectivity index is 1.37. The lowest BCUT2D eigenvalue weighted by atomic mass is 9.96. The number of piperazine rings is 1. The lowest BCUT2D eigenvalue weighted by molar-refractivity contribution is -0.132. The van der Waals surface area contributed by atoms with Crippen molar-refractivity contribution in [1.29, 1.82) is 0 Å². The molecular weight excluding hydrogens is 477 g/mol. The van der Waals surface area contributed by atoms with E-state index in [2.05, 4.69) is 9.97 Å². The first-order valence-electron chi connectivity index (χ1n) is 11.4. The average molecular weight is 506 g/mol. The molecular formula is C23H28FN5O5S. The van der Waals surface area contributed by atoms with Crippen LogP contribution in [0.25, 0.3) is 11.1 Å². The van der Waals surface area contributed by atoms with E-state index in [1.807, 2.05) is 4.90 Å². The molecule has 0 saturated carbocycles. The van der Waals surface area contributed by atoms with E-state index in [0.29, 0.717) is 19.0 Å². The van der Waals surface area contributed by atoms with Crippen LogP contribution in [0.1, 0.15) is 13.8 Å². The van der Waals surface area contributed by atoms with Gasteiger partial charge in [0.25, 0.3) is 0 Å². The number of anilines is 1. The molecule has 1 atom stereocenters. The van der Waals surface area contributed by atoms with Gasteiger partial charge in [-0.25, -0.2) is 32.5 Å². The third-order valence-corrected chi connectivity index (χ3v) is 8.20. The molecule has 3 heterocycles. The van der Waals surface area contributed by atoms with E-state index < -0.39 is 27.9 Å². The highest BCUT2D eigenvalue weighted by Crippen LogP contribution is 2.23. The number of benzene rings is 1. The van der Waals surface area contributed by atoms with Crippen LogP contribution in [0.3, 0.4) is 0 Å². The number of sulfonamides is 1. The smallest absolute Gasteiger partial charge is 0.416 e. The van der Waals surface area contributed by atoms with Crippen LogP contribution in [-0.2, 0) is 19.6 Å². The Labute approximate surface area is 203 Å². The number of aromatic nitrogens is 2. The van der Waals surface area contributed by atoms with E-state index >= 15 is 0 Å². The van der Waals surface area contributed by atoms with E-state index in [4.69, 9.17) is 4.74 Å². The van der Waals surface area contributed by atoms with Crippen LogP contribution in [-0.4, -0.2) is 84.7 Å². The van der Waals surface area contributed by atoms with Crippen LogP contribution in [0.4, 0.5) is 15.1 Å². The molecule has 0 bridgehead atoms. The van der Waals surface area contributed by atoms with Gasteiger partial charge in [-0.15, -0.1) is 0 Å². The second-order valence-electron chi connectivity index (χ2n) is 8.90. The topological polar surface area (TPSA) is 113 Å². The van der Waals surface area contributed by atoms with Gasteiger partial charge in [0.1, 0.15) is 12.4 Å². The predicted molar refractivity (Wildman–Crippen MR) is 126 cm³/mol. The van der Waals surface area contributed by atoms with Gasteiger partial charge >= 0.3 is 6.09 Å². The van der Waals surface area contributed by atoms with Crippen molar-refractivity contribution in [3.05, 3.63) is 42.5 Å². The summed E-state index contributed by atoms with van der Waals surface area (Å²) >= 11 is 0. The SMILES string of the molecule is CC(C)C(CS(=O)(=O)N1CCN(c2ncc(-c3ccc(F)cc3)cn2)CC1)C(=O)N1CCOC1=O. The van der Waals surface area contributed by atoms with Gasteiger partial charge in [-0.2, -0.15) is 4.31 Å². The van der Waals surface area contributed by atoms with Gasteiger partial charge in [0.2, 0.25) is 21.9 Å². The second-order valence-corrected chi connectivity index (χ2v) is 10.9. The summed E-state index contributed by atoms with van der Waals surface area (Å²) in [7, 11) is -3.74. The maximum absolute atomic E-state index is 13.1. The monoisotopic (exact) mass is 505 g/mol. The number of carbonyl (C=O) groups excluding carboxylic acids is 2. The highest BCUT2D eigenvalue weighted by atomic mass is 32.2. The lowest BCUT2D eigenvalue weighted by Crippen LogP contribution is -2.51. The summed E-state index contributed by atoms with van der Waals surface area (Å²) in [5.41, 5.74) is 1.55. The molecule has 0 N–H and O–H groups in total. The van der Waals surface area contributed by atoms with Crippen molar-refractivity contribution in [3.63, 3.8) is 0 Å². The van der Waals surface area contributed by atoms with Crippen LogP contribution in [0.15, 0.2) is 36.7 Å².